The Hall–Kier alpha value is -1.15. The lowest BCUT2D eigenvalue weighted by Crippen LogP contribution is -3.15. The smallest absolute Gasteiger partial charge is 0.211 e. The molecule has 1 fully saturated rings. The minimum Gasteiger partial charge on any atom is -0.378 e. The summed E-state index contributed by atoms with van der Waals surface area (Å²) in [5.74, 6) is 0.178. The van der Waals surface area contributed by atoms with E-state index in [2.05, 4.69) is 33.9 Å². The molecule has 0 bridgehead atoms. The first kappa shape index (κ1) is 19.2. The summed E-state index contributed by atoms with van der Waals surface area (Å²) in [5, 5.41) is 0. The van der Waals surface area contributed by atoms with Crippen LogP contribution in [0.4, 0.5) is 5.69 Å². The number of sulfonamides is 1. The molecule has 0 amide bonds. The van der Waals surface area contributed by atoms with Crippen LogP contribution in [0.25, 0.3) is 0 Å². The van der Waals surface area contributed by atoms with Crippen LogP contribution in [-0.4, -0.2) is 61.1 Å². The highest BCUT2D eigenvalue weighted by Gasteiger charge is 2.27. The highest BCUT2D eigenvalue weighted by atomic mass is 32.2. The van der Waals surface area contributed by atoms with Gasteiger partial charge in [-0.25, -0.2) is 13.1 Å². The van der Waals surface area contributed by atoms with Crippen molar-refractivity contribution in [1.82, 2.24) is 4.72 Å². The Morgan fingerprint density at radius 3 is 2.38 bits per heavy atom. The second-order valence-electron chi connectivity index (χ2n) is 6.48. The van der Waals surface area contributed by atoms with E-state index in [0.717, 1.165) is 37.6 Å². The van der Waals surface area contributed by atoms with Crippen LogP contribution in [-0.2, 0) is 14.8 Å². The molecular formula is C17H30N3O3S+. The molecule has 136 valence electrons. The second-order valence-corrected chi connectivity index (χ2v) is 8.40. The predicted octanol–water partition coefficient (Wildman–Crippen LogP) is 0.0382. The molecule has 1 aliphatic heterocycles. The summed E-state index contributed by atoms with van der Waals surface area (Å²) < 4.78 is 32.3. The first-order valence-corrected chi connectivity index (χ1v) is 10.2. The molecule has 2 N–H and O–H groups in total. The van der Waals surface area contributed by atoms with Crippen LogP contribution in [0, 0.1) is 0 Å². The van der Waals surface area contributed by atoms with Crippen molar-refractivity contribution in [3.05, 3.63) is 29.8 Å². The quantitative estimate of drug-likeness (QED) is 0.690. The number of quaternary nitrogens is 1. The minimum absolute atomic E-state index is 0.108. The van der Waals surface area contributed by atoms with Crippen LogP contribution in [0.1, 0.15) is 24.9 Å². The fraction of sp³-hybridized carbons (Fsp3) is 0.647. The maximum atomic E-state index is 12.0. The van der Waals surface area contributed by atoms with Crippen LogP contribution < -0.4 is 14.5 Å². The van der Waals surface area contributed by atoms with Gasteiger partial charge in [-0.2, -0.15) is 0 Å². The molecule has 0 spiro atoms. The summed E-state index contributed by atoms with van der Waals surface area (Å²) in [6.45, 7) is 5.56. The van der Waals surface area contributed by atoms with Crippen molar-refractivity contribution in [2.75, 3.05) is 57.6 Å². The van der Waals surface area contributed by atoms with Crippen LogP contribution in [0.3, 0.4) is 0 Å². The number of nitrogens with zero attached hydrogens (tertiary/aromatic N) is 1. The summed E-state index contributed by atoms with van der Waals surface area (Å²) in [6, 6.07) is 8.50. The van der Waals surface area contributed by atoms with Gasteiger partial charge in [-0.1, -0.05) is 19.1 Å². The average Bonchev–Trinajstić information content (AvgIpc) is 2.56. The van der Waals surface area contributed by atoms with Crippen LogP contribution in [0.2, 0.25) is 0 Å². The van der Waals surface area contributed by atoms with Gasteiger partial charge in [-0.15, -0.1) is 0 Å². The first-order chi connectivity index (χ1) is 11.4. The minimum atomic E-state index is -3.20. The molecule has 0 radical (unpaired) electrons. The van der Waals surface area contributed by atoms with E-state index in [9.17, 15) is 8.42 Å². The van der Waals surface area contributed by atoms with E-state index < -0.39 is 10.0 Å². The van der Waals surface area contributed by atoms with Gasteiger partial charge in [0.25, 0.3) is 0 Å². The number of hydrogen-bond donors (Lipinski definition) is 2. The molecule has 7 heteroatoms. The zero-order valence-electron chi connectivity index (χ0n) is 14.9. The van der Waals surface area contributed by atoms with Gasteiger partial charge in [0.05, 0.1) is 25.5 Å². The average molecular weight is 357 g/mol. The Morgan fingerprint density at radius 1 is 1.21 bits per heavy atom. The topological polar surface area (TPSA) is 63.1 Å². The molecule has 1 heterocycles. The van der Waals surface area contributed by atoms with E-state index in [4.69, 9.17) is 4.74 Å². The van der Waals surface area contributed by atoms with Crippen molar-refractivity contribution >= 4 is 15.7 Å². The van der Waals surface area contributed by atoms with Crippen molar-refractivity contribution in [3.8, 4) is 0 Å². The third-order valence-corrected chi connectivity index (χ3v) is 5.97. The van der Waals surface area contributed by atoms with Gasteiger partial charge in [0.15, 0.2) is 0 Å². The Balaban J connectivity index is 2.15. The van der Waals surface area contributed by atoms with Crippen molar-refractivity contribution in [2.45, 2.75) is 19.4 Å². The second kappa shape index (κ2) is 8.80. The molecule has 1 atom stereocenters. The van der Waals surface area contributed by atoms with E-state index in [0.29, 0.717) is 13.0 Å². The number of ether oxygens (including phenoxy) is 1. The molecule has 6 nitrogen and oxygen atoms in total. The molecule has 0 saturated carbocycles. The zero-order valence-corrected chi connectivity index (χ0v) is 15.7. The molecular weight excluding hydrogens is 326 g/mol. The van der Waals surface area contributed by atoms with E-state index >= 15 is 0 Å². The normalized spacial score (nSPS) is 17.6. The lowest BCUT2D eigenvalue weighted by molar-refractivity contribution is -0.937. The molecule has 1 aromatic rings. The van der Waals surface area contributed by atoms with Crippen molar-refractivity contribution < 1.29 is 18.1 Å². The van der Waals surface area contributed by atoms with Crippen molar-refractivity contribution in [2.24, 2.45) is 0 Å². The first-order valence-electron chi connectivity index (χ1n) is 8.60. The number of rotatable bonds is 8. The van der Waals surface area contributed by atoms with E-state index in [1.807, 2.05) is 21.0 Å². The van der Waals surface area contributed by atoms with Gasteiger partial charge in [-0.05, 0) is 18.6 Å². The van der Waals surface area contributed by atoms with E-state index in [1.54, 1.807) is 0 Å². The van der Waals surface area contributed by atoms with Crippen molar-refractivity contribution in [1.29, 1.82) is 0 Å². The summed E-state index contributed by atoms with van der Waals surface area (Å²) >= 11 is 0. The lowest BCUT2D eigenvalue weighted by atomic mass is 10.0. The Labute approximate surface area is 145 Å². The number of nitrogens with one attached hydrogen (secondary N) is 2. The monoisotopic (exact) mass is 356 g/mol. The molecule has 0 aliphatic carbocycles. The van der Waals surface area contributed by atoms with E-state index in [-0.39, 0.29) is 11.8 Å². The third kappa shape index (κ3) is 5.44. The Bertz CT molecular complexity index is 596. The standard InChI is InChI=1S/C17H29N3O3S/c1-4-13-24(21,22)18-14-17(20-9-11-23-12-10-20)15-5-7-16(8-6-15)19(2)3/h5-8,17-18H,4,9-14H2,1-3H3/p+1/t17-/m0/s1. The Kier molecular flexibility index (Phi) is 7.03. The summed E-state index contributed by atoms with van der Waals surface area (Å²) in [4.78, 5) is 3.43. The highest BCUT2D eigenvalue weighted by molar-refractivity contribution is 7.89. The molecule has 0 aromatic heterocycles. The molecule has 1 aromatic carbocycles. The highest BCUT2D eigenvalue weighted by Crippen LogP contribution is 2.16. The van der Waals surface area contributed by atoms with Gasteiger partial charge >= 0.3 is 0 Å². The zero-order chi connectivity index (χ0) is 17.6. The van der Waals surface area contributed by atoms with Gasteiger partial charge in [0, 0.05) is 25.3 Å². The van der Waals surface area contributed by atoms with E-state index in [1.165, 1.54) is 4.90 Å². The van der Waals surface area contributed by atoms with Gasteiger partial charge in [-0.3, -0.25) is 0 Å². The SMILES string of the molecule is CCCS(=O)(=O)NC[C@@H](c1ccc(N(C)C)cc1)[NH+]1CCOCC1. The number of anilines is 1. The number of hydrogen-bond acceptors (Lipinski definition) is 4. The van der Waals surface area contributed by atoms with Crippen LogP contribution >= 0.6 is 0 Å². The van der Waals surface area contributed by atoms with Crippen LogP contribution in [0.5, 0.6) is 0 Å². The fourth-order valence-electron chi connectivity index (χ4n) is 3.04. The molecule has 2 rings (SSSR count). The summed E-state index contributed by atoms with van der Waals surface area (Å²) in [5.41, 5.74) is 2.30. The van der Waals surface area contributed by atoms with Crippen LogP contribution in [0.15, 0.2) is 24.3 Å². The third-order valence-electron chi connectivity index (χ3n) is 4.42. The maximum Gasteiger partial charge on any atom is 0.211 e. The Morgan fingerprint density at radius 2 is 1.83 bits per heavy atom. The maximum absolute atomic E-state index is 12.0. The van der Waals surface area contributed by atoms with Gasteiger partial charge in [0.2, 0.25) is 10.0 Å². The number of morpholine rings is 1. The predicted molar refractivity (Wildman–Crippen MR) is 97.1 cm³/mol. The van der Waals surface area contributed by atoms with Crippen molar-refractivity contribution in [3.63, 3.8) is 0 Å². The molecule has 1 saturated heterocycles. The van der Waals surface area contributed by atoms with Gasteiger partial charge < -0.3 is 14.5 Å². The molecule has 24 heavy (non-hydrogen) atoms. The fourth-order valence-corrected chi connectivity index (χ4v) is 4.14. The lowest BCUT2D eigenvalue weighted by Gasteiger charge is -2.32. The summed E-state index contributed by atoms with van der Waals surface area (Å²) in [6.07, 6.45) is 0.627. The largest absolute Gasteiger partial charge is 0.378 e. The number of benzene rings is 1. The van der Waals surface area contributed by atoms with Gasteiger partial charge in [0.1, 0.15) is 19.1 Å². The summed E-state index contributed by atoms with van der Waals surface area (Å²) in [7, 11) is 0.827. The molecule has 1 aliphatic rings. The molecule has 0 unspecified atom stereocenters.